The summed E-state index contributed by atoms with van der Waals surface area (Å²) < 4.78 is 10.4. The summed E-state index contributed by atoms with van der Waals surface area (Å²) in [6.45, 7) is 0.518. The Bertz CT molecular complexity index is 924. The smallest absolute Gasteiger partial charge is 0.339 e. The number of amides is 1. The first kappa shape index (κ1) is 18.2. The van der Waals surface area contributed by atoms with E-state index < -0.39 is 12.0 Å². The van der Waals surface area contributed by atoms with E-state index >= 15 is 0 Å². The van der Waals surface area contributed by atoms with Gasteiger partial charge in [-0.05, 0) is 42.2 Å². The molecule has 0 radical (unpaired) electrons. The molecule has 0 N–H and O–H groups in total. The molecular formula is C22H21NO5. The minimum absolute atomic E-state index is 0.217. The van der Waals surface area contributed by atoms with Gasteiger partial charge in [-0.3, -0.25) is 4.79 Å². The summed E-state index contributed by atoms with van der Waals surface area (Å²) >= 11 is 0. The largest absolute Gasteiger partial charge is 0.467 e. The summed E-state index contributed by atoms with van der Waals surface area (Å²) in [5.74, 6) is -0.995. The molecule has 0 aromatic heterocycles. The van der Waals surface area contributed by atoms with E-state index in [0.717, 1.165) is 17.5 Å². The van der Waals surface area contributed by atoms with Crippen LogP contribution >= 0.6 is 0 Å². The predicted molar refractivity (Wildman–Crippen MR) is 101 cm³/mol. The van der Waals surface area contributed by atoms with Crippen LogP contribution < -0.4 is 0 Å². The molecule has 6 heteroatoms. The second-order valence-corrected chi connectivity index (χ2v) is 7.06. The van der Waals surface area contributed by atoms with Gasteiger partial charge in [0, 0.05) is 18.5 Å². The van der Waals surface area contributed by atoms with E-state index in [1.807, 2.05) is 30.3 Å². The summed E-state index contributed by atoms with van der Waals surface area (Å²) in [6, 6.07) is 14.0. The van der Waals surface area contributed by atoms with Crippen molar-refractivity contribution < 1.29 is 23.9 Å². The lowest BCUT2D eigenvalue weighted by Crippen LogP contribution is -2.41. The van der Waals surface area contributed by atoms with Gasteiger partial charge in [0.2, 0.25) is 0 Å². The molecule has 1 amide bonds. The van der Waals surface area contributed by atoms with Crippen molar-refractivity contribution in [3.8, 4) is 0 Å². The van der Waals surface area contributed by atoms with Crippen LogP contribution in [0.15, 0.2) is 48.5 Å². The molecule has 28 heavy (non-hydrogen) atoms. The van der Waals surface area contributed by atoms with E-state index in [4.69, 9.17) is 9.47 Å². The summed E-state index contributed by atoms with van der Waals surface area (Å²) in [7, 11) is 1.33. The number of carbonyl (C=O) groups is 3. The third-order valence-electron chi connectivity index (χ3n) is 5.38. The molecule has 2 aliphatic heterocycles. The molecule has 0 aliphatic carbocycles. The van der Waals surface area contributed by atoms with Crippen LogP contribution in [0, 0.1) is 0 Å². The van der Waals surface area contributed by atoms with Gasteiger partial charge in [0.15, 0.2) is 0 Å². The highest BCUT2D eigenvalue weighted by Gasteiger charge is 2.36. The maximum Gasteiger partial charge on any atom is 0.339 e. The quantitative estimate of drug-likeness (QED) is 0.767. The van der Waals surface area contributed by atoms with Gasteiger partial charge in [-0.15, -0.1) is 0 Å². The van der Waals surface area contributed by atoms with Crippen LogP contribution in [0.1, 0.15) is 50.8 Å². The number of ether oxygens (including phenoxy) is 2. The summed E-state index contributed by atoms with van der Waals surface area (Å²) in [6.07, 6.45) is 1.50. The molecule has 0 spiro atoms. The highest BCUT2D eigenvalue weighted by atomic mass is 16.5. The molecule has 2 atom stereocenters. The summed E-state index contributed by atoms with van der Waals surface area (Å²) in [5.41, 5.74) is 2.65. The minimum atomic E-state index is -0.546. The third kappa shape index (κ3) is 3.26. The number of esters is 2. The SMILES string of the molecule is COC(=O)[C@@H]1CCCN1C(=O)c1ccc2c(c1)C[C@@H](c1ccccc1)OC2=O. The van der Waals surface area contributed by atoms with Crippen molar-refractivity contribution in [1.29, 1.82) is 0 Å². The molecular weight excluding hydrogens is 358 g/mol. The second kappa shape index (κ2) is 7.46. The Morgan fingerprint density at radius 2 is 1.93 bits per heavy atom. The first-order valence-electron chi connectivity index (χ1n) is 9.36. The van der Waals surface area contributed by atoms with Gasteiger partial charge in [0.25, 0.3) is 5.91 Å². The monoisotopic (exact) mass is 379 g/mol. The van der Waals surface area contributed by atoms with E-state index in [2.05, 4.69) is 0 Å². The molecule has 2 aromatic rings. The fourth-order valence-corrected chi connectivity index (χ4v) is 3.94. The van der Waals surface area contributed by atoms with E-state index in [0.29, 0.717) is 30.5 Å². The van der Waals surface area contributed by atoms with E-state index in [-0.39, 0.29) is 18.0 Å². The van der Waals surface area contributed by atoms with Crippen LogP contribution in [0.25, 0.3) is 0 Å². The van der Waals surface area contributed by atoms with Crippen molar-refractivity contribution in [2.45, 2.75) is 31.4 Å². The van der Waals surface area contributed by atoms with E-state index in [9.17, 15) is 14.4 Å². The maximum absolute atomic E-state index is 13.0. The molecule has 0 bridgehead atoms. The highest BCUT2D eigenvalue weighted by Crippen LogP contribution is 2.31. The predicted octanol–water partition coefficient (Wildman–Crippen LogP) is 2.92. The number of rotatable bonds is 3. The van der Waals surface area contributed by atoms with Gasteiger partial charge in [0.05, 0.1) is 12.7 Å². The summed E-state index contributed by atoms with van der Waals surface area (Å²) in [5, 5.41) is 0. The molecule has 0 unspecified atom stereocenters. The number of nitrogens with zero attached hydrogens (tertiary/aromatic N) is 1. The molecule has 2 heterocycles. The Kier molecular flexibility index (Phi) is 4.86. The Morgan fingerprint density at radius 1 is 1.14 bits per heavy atom. The number of methoxy groups -OCH3 is 1. The topological polar surface area (TPSA) is 72.9 Å². The van der Waals surface area contributed by atoms with Crippen LogP contribution in [0.3, 0.4) is 0 Å². The van der Waals surface area contributed by atoms with Gasteiger partial charge in [0.1, 0.15) is 12.1 Å². The highest BCUT2D eigenvalue weighted by molar-refractivity contribution is 5.99. The number of likely N-dealkylation sites (tertiary alicyclic amines) is 1. The lowest BCUT2D eigenvalue weighted by molar-refractivity contribution is -0.145. The Balaban J connectivity index is 1.61. The lowest BCUT2D eigenvalue weighted by atomic mass is 9.93. The number of cyclic esters (lactones) is 1. The molecule has 4 rings (SSSR count). The van der Waals surface area contributed by atoms with Crippen molar-refractivity contribution >= 4 is 17.8 Å². The standard InChI is InChI=1S/C22H21NO5/c1-27-22(26)18-8-5-11-23(18)20(24)15-9-10-17-16(12-15)13-19(28-21(17)25)14-6-3-2-4-7-14/h2-4,6-7,9-10,12,18-19H,5,8,11,13H2,1H3/t18-,19-/m0/s1. The molecule has 0 saturated carbocycles. The van der Waals surface area contributed by atoms with E-state index in [1.54, 1.807) is 23.1 Å². The molecule has 2 aromatic carbocycles. The zero-order valence-corrected chi connectivity index (χ0v) is 15.6. The van der Waals surface area contributed by atoms with Crippen LogP contribution in [0.2, 0.25) is 0 Å². The average molecular weight is 379 g/mol. The lowest BCUT2D eigenvalue weighted by Gasteiger charge is -2.26. The average Bonchev–Trinajstić information content (AvgIpc) is 3.22. The van der Waals surface area contributed by atoms with Gasteiger partial charge in [-0.2, -0.15) is 0 Å². The van der Waals surface area contributed by atoms with Crippen molar-refractivity contribution in [3.63, 3.8) is 0 Å². The zero-order valence-electron chi connectivity index (χ0n) is 15.6. The maximum atomic E-state index is 13.0. The molecule has 2 aliphatic rings. The molecule has 1 fully saturated rings. The van der Waals surface area contributed by atoms with Gasteiger partial charge >= 0.3 is 11.9 Å². The van der Waals surface area contributed by atoms with Crippen LogP contribution in [-0.4, -0.2) is 42.4 Å². The van der Waals surface area contributed by atoms with Gasteiger partial charge < -0.3 is 14.4 Å². The number of fused-ring (bicyclic) bond motifs is 1. The van der Waals surface area contributed by atoms with Crippen molar-refractivity contribution in [2.75, 3.05) is 13.7 Å². The Labute approximate surface area is 163 Å². The van der Waals surface area contributed by atoms with Crippen LogP contribution in [0.4, 0.5) is 0 Å². The Hall–Kier alpha value is -3.15. The van der Waals surface area contributed by atoms with Gasteiger partial charge in [-0.25, -0.2) is 9.59 Å². The first-order valence-corrected chi connectivity index (χ1v) is 9.36. The minimum Gasteiger partial charge on any atom is -0.467 e. The van der Waals surface area contributed by atoms with Crippen LogP contribution in [-0.2, 0) is 20.7 Å². The Morgan fingerprint density at radius 3 is 2.68 bits per heavy atom. The van der Waals surface area contributed by atoms with Crippen molar-refractivity contribution in [1.82, 2.24) is 4.90 Å². The number of carbonyl (C=O) groups excluding carboxylic acids is 3. The molecule has 1 saturated heterocycles. The first-order chi connectivity index (χ1) is 13.6. The van der Waals surface area contributed by atoms with E-state index in [1.165, 1.54) is 7.11 Å². The molecule has 144 valence electrons. The second-order valence-electron chi connectivity index (χ2n) is 7.06. The fraction of sp³-hybridized carbons (Fsp3) is 0.318. The fourth-order valence-electron chi connectivity index (χ4n) is 3.94. The number of hydrogen-bond acceptors (Lipinski definition) is 5. The zero-order chi connectivity index (χ0) is 19.7. The van der Waals surface area contributed by atoms with Crippen LogP contribution in [0.5, 0.6) is 0 Å². The third-order valence-corrected chi connectivity index (χ3v) is 5.38. The van der Waals surface area contributed by atoms with Crippen molar-refractivity contribution in [2.24, 2.45) is 0 Å². The number of hydrogen-bond donors (Lipinski definition) is 0. The number of benzene rings is 2. The van der Waals surface area contributed by atoms with Crippen molar-refractivity contribution in [3.05, 3.63) is 70.8 Å². The molecule has 6 nitrogen and oxygen atoms in total. The van der Waals surface area contributed by atoms with Gasteiger partial charge in [-0.1, -0.05) is 30.3 Å². The normalized spacial score (nSPS) is 21.0. The summed E-state index contributed by atoms with van der Waals surface area (Å²) in [4.78, 5) is 38.9.